The Morgan fingerprint density at radius 1 is 1.06 bits per heavy atom. The van der Waals surface area contributed by atoms with Crippen molar-refractivity contribution in [3.63, 3.8) is 0 Å². The van der Waals surface area contributed by atoms with Crippen LogP contribution in [0.3, 0.4) is 0 Å². The average molecular weight is 463 g/mol. The molecular formula is C28H34N2O4. The molecule has 0 aliphatic carbocycles. The van der Waals surface area contributed by atoms with Gasteiger partial charge in [-0.25, -0.2) is 4.79 Å². The van der Waals surface area contributed by atoms with Crippen LogP contribution in [-0.2, 0) is 20.9 Å². The summed E-state index contributed by atoms with van der Waals surface area (Å²) < 4.78 is 5.36. The lowest BCUT2D eigenvalue weighted by molar-refractivity contribution is -0.140. The maximum atomic E-state index is 13.2. The molecule has 180 valence electrons. The third kappa shape index (κ3) is 5.93. The molecule has 1 N–H and O–H groups in total. The first-order valence-electron chi connectivity index (χ1n) is 11.8. The summed E-state index contributed by atoms with van der Waals surface area (Å²) in [6.07, 6.45) is 0.199. The molecule has 34 heavy (non-hydrogen) atoms. The van der Waals surface area contributed by atoms with Gasteiger partial charge in [0.05, 0.1) is 18.7 Å². The summed E-state index contributed by atoms with van der Waals surface area (Å²) in [5.41, 5.74) is 4.64. The van der Waals surface area contributed by atoms with Gasteiger partial charge in [-0.15, -0.1) is 0 Å². The van der Waals surface area contributed by atoms with E-state index in [0.717, 1.165) is 16.7 Å². The zero-order valence-corrected chi connectivity index (χ0v) is 20.7. The van der Waals surface area contributed by atoms with Gasteiger partial charge in [-0.2, -0.15) is 0 Å². The van der Waals surface area contributed by atoms with Crippen molar-refractivity contribution in [2.24, 2.45) is 5.92 Å². The smallest absolute Gasteiger partial charge is 0.336 e. The molecular weight excluding hydrogens is 428 g/mol. The number of hydrogen-bond acceptors (Lipinski definition) is 4. The Bertz CT molecular complexity index is 1070. The summed E-state index contributed by atoms with van der Waals surface area (Å²) in [5, 5.41) is 2.91. The van der Waals surface area contributed by atoms with Gasteiger partial charge in [-0.05, 0) is 49.9 Å². The number of nitrogens with zero attached hydrogens (tertiary/aromatic N) is 1. The SMILES string of the molecule is CCOC(=O)C1=C(C)N(Cc2ccc(C(=O)NCC(C)C)cc2)C(=O)CC1c1ccc(C)cc1. The summed E-state index contributed by atoms with van der Waals surface area (Å²) in [6.45, 7) is 10.9. The van der Waals surface area contributed by atoms with E-state index in [1.807, 2.05) is 57.2 Å². The molecule has 6 nitrogen and oxygen atoms in total. The minimum Gasteiger partial charge on any atom is -0.463 e. The highest BCUT2D eigenvalue weighted by molar-refractivity contribution is 5.96. The summed E-state index contributed by atoms with van der Waals surface area (Å²) >= 11 is 0. The second-order valence-electron chi connectivity index (χ2n) is 9.17. The summed E-state index contributed by atoms with van der Waals surface area (Å²) in [6, 6.07) is 15.1. The lowest BCUT2D eigenvalue weighted by Gasteiger charge is -2.34. The molecule has 6 heteroatoms. The van der Waals surface area contributed by atoms with Crippen LogP contribution in [0.4, 0.5) is 0 Å². The molecule has 0 radical (unpaired) electrons. The molecule has 1 unspecified atom stereocenters. The van der Waals surface area contributed by atoms with E-state index in [4.69, 9.17) is 4.74 Å². The summed E-state index contributed by atoms with van der Waals surface area (Å²) in [4.78, 5) is 40.1. The van der Waals surface area contributed by atoms with E-state index in [1.54, 1.807) is 30.9 Å². The Morgan fingerprint density at radius 3 is 2.29 bits per heavy atom. The molecule has 1 atom stereocenters. The van der Waals surface area contributed by atoms with E-state index in [1.165, 1.54) is 0 Å². The molecule has 0 spiro atoms. The Hall–Kier alpha value is -3.41. The maximum Gasteiger partial charge on any atom is 0.336 e. The van der Waals surface area contributed by atoms with E-state index in [-0.39, 0.29) is 36.7 Å². The first-order chi connectivity index (χ1) is 16.2. The van der Waals surface area contributed by atoms with E-state index in [9.17, 15) is 14.4 Å². The van der Waals surface area contributed by atoms with Crippen molar-refractivity contribution in [2.75, 3.05) is 13.2 Å². The van der Waals surface area contributed by atoms with Crippen LogP contribution in [0.25, 0.3) is 0 Å². The number of carbonyl (C=O) groups excluding carboxylic acids is 3. The Kier molecular flexibility index (Phi) is 8.26. The van der Waals surface area contributed by atoms with Gasteiger partial charge in [0, 0.05) is 30.1 Å². The topological polar surface area (TPSA) is 75.7 Å². The Morgan fingerprint density at radius 2 is 1.71 bits per heavy atom. The van der Waals surface area contributed by atoms with E-state index < -0.39 is 0 Å². The molecule has 1 aliphatic heterocycles. The van der Waals surface area contributed by atoms with Gasteiger partial charge in [-0.1, -0.05) is 55.8 Å². The van der Waals surface area contributed by atoms with Crippen molar-refractivity contribution in [1.29, 1.82) is 0 Å². The maximum absolute atomic E-state index is 13.2. The number of rotatable bonds is 8. The number of ether oxygens (including phenoxy) is 1. The van der Waals surface area contributed by atoms with Crippen LogP contribution in [-0.4, -0.2) is 35.8 Å². The fourth-order valence-electron chi connectivity index (χ4n) is 4.10. The molecule has 1 aliphatic rings. The third-order valence-electron chi connectivity index (χ3n) is 6.03. The molecule has 3 rings (SSSR count). The van der Waals surface area contributed by atoms with Crippen molar-refractivity contribution < 1.29 is 19.1 Å². The lowest BCUT2D eigenvalue weighted by Crippen LogP contribution is -2.38. The molecule has 0 fully saturated rings. The lowest BCUT2D eigenvalue weighted by atomic mass is 9.83. The number of carbonyl (C=O) groups is 3. The van der Waals surface area contributed by atoms with Crippen LogP contribution in [0.5, 0.6) is 0 Å². The largest absolute Gasteiger partial charge is 0.463 e. The number of allylic oxidation sites excluding steroid dienone is 1. The Balaban J connectivity index is 1.86. The third-order valence-corrected chi connectivity index (χ3v) is 6.03. The molecule has 2 amide bonds. The van der Waals surface area contributed by atoms with Crippen molar-refractivity contribution in [3.8, 4) is 0 Å². The minimum absolute atomic E-state index is 0.0464. The van der Waals surface area contributed by atoms with Crippen LogP contribution < -0.4 is 5.32 Å². The highest BCUT2D eigenvalue weighted by Crippen LogP contribution is 2.37. The van der Waals surface area contributed by atoms with Crippen molar-refractivity contribution >= 4 is 17.8 Å². The van der Waals surface area contributed by atoms with Gasteiger partial charge in [0.1, 0.15) is 0 Å². The van der Waals surface area contributed by atoms with Crippen LogP contribution in [0.2, 0.25) is 0 Å². The first-order valence-corrected chi connectivity index (χ1v) is 11.8. The number of benzene rings is 2. The number of esters is 1. The summed E-state index contributed by atoms with van der Waals surface area (Å²) in [7, 11) is 0. The molecule has 0 bridgehead atoms. The molecule has 1 heterocycles. The highest BCUT2D eigenvalue weighted by Gasteiger charge is 2.36. The summed E-state index contributed by atoms with van der Waals surface area (Å²) in [5.74, 6) is -0.512. The molecule has 0 saturated carbocycles. The van der Waals surface area contributed by atoms with Crippen LogP contribution in [0.15, 0.2) is 59.8 Å². The first kappa shape index (κ1) is 25.2. The second kappa shape index (κ2) is 11.1. The quantitative estimate of drug-likeness (QED) is 0.575. The molecule has 2 aromatic carbocycles. The van der Waals surface area contributed by atoms with Crippen molar-refractivity contribution in [1.82, 2.24) is 10.2 Å². The van der Waals surface area contributed by atoms with Crippen LogP contribution >= 0.6 is 0 Å². The van der Waals surface area contributed by atoms with Gasteiger partial charge >= 0.3 is 5.97 Å². The van der Waals surface area contributed by atoms with Gasteiger partial charge in [0.2, 0.25) is 5.91 Å². The number of aryl methyl sites for hydroxylation is 1. The molecule has 0 saturated heterocycles. The normalized spacial score (nSPS) is 16.1. The number of amides is 2. The van der Waals surface area contributed by atoms with Crippen molar-refractivity contribution in [3.05, 3.63) is 82.1 Å². The van der Waals surface area contributed by atoms with Gasteiger partial charge in [0.25, 0.3) is 5.91 Å². The fourth-order valence-corrected chi connectivity index (χ4v) is 4.10. The van der Waals surface area contributed by atoms with Gasteiger partial charge < -0.3 is 15.0 Å². The van der Waals surface area contributed by atoms with Gasteiger partial charge in [-0.3, -0.25) is 9.59 Å². The predicted octanol–water partition coefficient (Wildman–Crippen LogP) is 4.73. The zero-order valence-electron chi connectivity index (χ0n) is 20.7. The van der Waals surface area contributed by atoms with Crippen molar-refractivity contribution in [2.45, 2.75) is 53.5 Å². The second-order valence-corrected chi connectivity index (χ2v) is 9.17. The van der Waals surface area contributed by atoms with Crippen LogP contribution in [0.1, 0.15) is 67.1 Å². The standard InChI is InChI=1S/C28H34N2O4/c1-6-34-28(33)26-20(5)30(25(31)15-24(26)22-11-7-19(4)8-12-22)17-21-9-13-23(14-10-21)27(32)29-16-18(2)3/h7-14,18,24H,6,15-17H2,1-5H3,(H,29,32). The monoisotopic (exact) mass is 462 g/mol. The average Bonchev–Trinajstić information content (AvgIpc) is 2.80. The minimum atomic E-state index is -0.389. The van der Waals surface area contributed by atoms with Gasteiger partial charge in [0.15, 0.2) is 0 Å². The fraction of sp³-hybridized carbons (Fsp3) is 0.393. The molecule has 0 aromatic heterocycles. The highest BCUT2D eigenvalue weighted by atomic mass is 16.5. The van der Waals surface area contributed by atoms with Crippen LogP contribution in [0, 0.1) is 12.8 Å². The number of nitrogens with one attached hydrogen (secondary N) is 1. The Labute approximate surface area is 202 Å². The predicted molar refractivity (Wildman–Crippen MR) is 132 cm³/mol. The van der Waals surface area contributed by atoms with E-state index in [2.05, 4.69) is 5.32 Å². The zero-order chi connectivity index (χ0) is 24.8. The van der Waals surface area contributed by atoms with E-state index >= 15 is 0 Å². The number of hydrogen-bond donors (Lipinski definition) is 1. The molecule has 2 aromatic rings. The van der Waals surface area contributed by atoms with E-state index in [0.29, 0.717) is 35.8 Å².